The van der Waals surface area contributed by atoms with Gasteiger partial charge in [0.25, 0.3) is 0 Å². The second-order valence-corrected chi connectivity index (χ2v) is 5.10. The summed E-state index contributed by atoms with van der Waals surface area (Å²) in [4.78, 5) is 12.1. The number of phenolic OH excluding ortho intramolecular Hbond substituents is 1. The quantitative estimate of drug-likeness (QED) is 0.806. The van der Waals surface area contributed by atoms with Gasteiger partial charge in [0, 0.05) is 6.42 Å². The van der Waals surface area contributed by atoms with E-state index in [4.69, 9.17) is 5.73 Å². The molecule has 0 unspecified atom stereocenters. The lowest BCUT2D eigenvalue weighted by molar-refractivity contribution is 0.0982. The summed E-state index contributed by atoms with van der Waals surface area (Å²) in [6.07, 6.45) is 4.67. The molecule has 0 bridgehead atoms. The fraction of sp³-hybridized carbons (Fsp3) is 0.533. The Morgan fingerprint density at radius 3 is 2.28 bits per heavy atom. The van der Waals surface area contributed by atoms with E-state index in [1.807, 2.05) is 13.8 Å². The van der Waals surface area contributed by atoms with Crippen molar-refractivity contribution in [2.24, 2.45) is 5.73 Å². The van der Waals surface area contributed by atoms with E-state index < -0.39 is 0 Å². The minimum absolute atomic E-state index is 0.0380. The van der Waals surface area contributed by atoms with Crippen molar-refractivity contribution in [1.82, 2.24) is 0 Å². The number of fused-ring (bicyclic) bond motifs is 1. The molecular formula is C15H21NO2. The van der Waals surface area contributed by atoms with Gasteiger partial charge in [0.15, 0.2) is 5.78 Å². The largest absolute Gasteiger partial charge is 0.507 e. The zero-order chi connectivity index (χ0) is 13.3. The highest BCUT2D eigenvalue weighted by atomic mass is 16.3. The number of aromatic hydroxyl groups is 1. The van der Waals surface area contributed by atoms with Crippen LogP contribution in [0.3, 0.4) is 0 Å². The fourth-order valence-electron chi connectivity index (χ4n) is 2.99. The highest BCUT2D eigenvalue weighted by Gasteiger charge is 2.24. The van der Waals surface area contributed by atoms with Gasteiger partial charge in [-0.2, -0.15) is 0 Å². The topological polar surface area (TPSA) is 63.3 Å². The molecule has 3 N–H and O–H groups in total. The molecule has 18 heavy (non-hydrogen) atoms. The average molecular weight is 247 g/mol. The highest BCUT2D eigenvalue weighted by Crippen LogP contribution is 2.37. The normalized spacial score (nSPS) is 14.4. The molecule has 0 amide bonds. The van der Waals surface area contributed by atoms with Crippen LogP contribution in [0.2, 0.25) is 0 Å². The first-order valence-electron chi connectivity index (χ1n) is 6.65. The third-order valence-corrected chi connectivity index (χ3v) is 3.99. The van der Waals surface area contributed by atoms with Gasteiger partial charge in [0.05, 0.1) is 5.56 Å². The maximum absolute atomic E-state index is 12.1. The van der Waals surface area contributed by atoms with Crippen LogP contribution in [-0.2, 0) is 12.8 Å². The molecule has 1 aromatic carbocycles. The zero-order valence-electron chi connectivity index (χ0n) is 11.2. The molecule has 98 valence electrons. The summed E-state index contributed by atoms with van der Waals surface area (Å²) < 4.78 is 0. The summed E-state index contributed by atoms with van der Waals surface area (Å²) in [6, 6.07) is 0. The number of carbonyl (C=O) groups is 1. The first-order valence-corrected chi connectivity index (χ1v) is 6.65. The standard InChI is InChI=1S/C15H21NO2/c1-9-11-5-3-4-6-12(11)10(2)15(18)14(9)13(17)7-8-16/h18H,3-8,16H2,1-2H3. The summed E-state index contributed by atoms with van der Waals surface area (Å²) in [7, 11) is 0. The number of hydrogen-bond acceptors (Lipinski definition) is 3. The number of carbonyl (C=O) groups excluding carboxylic acids is 1. The molecule has 0 spiro atoms. The van der Waals surface area contributed by atoms with Gasteiger partial charge in [0.2, 0.25) is 0 Å². The van der Waals surface area contributed by atoms with Gasteiger partial charge in [-0.25, -0.2) is 0 Å². The van der Waals surface area contributed by atoms with Crippen molar-refractivity contribution < 1.29 is 9.90 Å². The number of rotatable bonds is 3. The Morgan fingerprint density at radius 1 is 1.17 bits per heavy atom. The lowest BCUT2D eigenvalue weighted by atomic mass is 9.82. The Morgan fingerprint density at radius 2 is 1.72 bits per heavy atom. The van der Waals surface area contributed by atoms with Crippen LogP contribution in [0.25, 0.3) is 0 Å². The van der Waals surface area contributed by atoms with Crippen molar-refractivity contribution in [3.8, 4) is 5.75 Å². The third kappa shape index (κ3) is 2.03. The van der Waals surface area contributed by atoms with E-state index in [0.29, 0.717) is 18.5 Å². The monoisotopic (exact) mass is 247 g/mol. The number of benzene rings is 1. The van der Waals surface area contributed by atoms with E-state index in [0.717, 1.165) is 24.0 Å². The maximum Gasteiger partial charge on any atom is 0.168 e. The highest BCUT2D eigenvalue weighted by molar-refractivity contribution is 6.01. The van der Waals surface area contributed by atoms with Crippen LogP contribution in [0.5, 0.6) is 5.75 Å². The van der Waals surface area contributed by atoms with Gasteiger partial charge in [-0.15, -0.1) is 0 Å². The number of ketones is 1. The van der Waals surface area contributed by atoms with E-state index >= 15 is 0 Å². The Balaban J connectivity index is 2.60. The van der Waals surface area contributed by atoms with Crippen molar-refractivity contribution in [2.45, 2.75) is 46.0 Å². The van der Waals surface area contributed by atoms with Crippen LogP contribution in [0.15, 0.2) is 0 Å². The maximum atomic E-state index is 12.1. The molecule has 0 heterocycles. The van der Waals surface area contributed by atoms with Crippen LogP contribution in [0.1, 0.15) is 51.9 Å². The number of Topliss-reactive ketones (excluding diaryl/α,β-unsaturated/α-hetero) is 1. The average Bonchev–Trinajstić information content (AvgIpc) is 2.37. The minimum atomic E-state index is -0.0380. The van der Waals surface area contributed by atoms with E-state index in [1.54, 1.807) is 0 Å². The minimum Gasteiger partial charge on any atom is -0.507 e. The van der Waals surface area contributed by atoms with E-state index in [2.05, 4.69) is 0 Å². The number of phenols is 1. The molecule has 0 atom stereocenters. The molecule has 0 aliphatic heterocycles. The van der Waals surface area contributed by atoms with Crippen LogP contribution in [0, 0.1) is 13.8 Å². The Kier molecular flexibility index (Phi) is 3.71. The second kappa shape index (κ2) is 5.11. The molecule has 0 aromatic heterocycles. The molecule has 3 heteroatoms. The zero-order valence-corrected chi connectivity index (χ0v) is 11.2. The Bertz CT molecular complexity index is 492. The van der Waals surface area contributed by atoms with Crippen molar-refractivity contribution in [1.29, 1.82) is 0 Å². The van der Waals surface area contributed by atoms with Crippen LogP contribution >= 0.6 is 0 Å². The Hall–Kier alpha value is -1.35. The van der Waals surface area contributed by atoms with Gasteiger partial charge in [0.1, 0.15) is 5.75 Å². The summed E-state index contributed by atoms with van der Waals surface area (Å²) in [5, 5.41) is 10.3. The van der Waals surface area contributed by atoms with Gasteiger partial charge in [-0.05, 0) is 68.3 Å². The van der Waals surface area contributed by atoms with Gasteiger partial charge >= 0.3 is 0 Å². The molecular weight excluding hydrogens is 226 g/mol. The van der Waals surface area contributed by atoms with E-state index in [1.165, 1.54) is 24.0 Å². The van der Waals surface area contributed by atoms with Crippen LogP contribution in [-0.4, -0.2) is 17.4 Å². The first kappa shape index (κ1) is 13.1. The second-order valence-electron chi connectivity index (χ2n) is 5.10. The number of hydrogen-bond donors (Lipinski definition) is 2. The van der Waals surface area contributed by atoms with Crippen LogP contribution < -0.4 is 5.73 Å². The smallest absolute Gasteiger partial charge is 0.168 e. The van der Waals surface area contributed by atoms with Gasteiger partial charge in [-0.3, -0.25) is 4.79 Å². The summed E-state index contributed by atoms with van der Waals surface area (Å²) in [6.45, 7) is 4.19. The predicted octanol–water partition coefficient (Wildman–Crippen LogP) is 2.42. The lowest BCUT2D eigenvalue weighted by Crippen LogP contribution is -2.15. The summed E-state index contributed by atoms with van der Waals surface area (Å²) in [5.74, 6) is 0.135. The molecule has 0 radical (unpaired) electrons. The lowest BCUT2D eigenvalue weighted by Gasteiger charge is -2.24. The SMILES string of the molecule is Cc1c(O)c(C(=O)CCN)c(C)c2c1CCCC2. The predicted molar refractivity (Wildman–Crippen MR) is 72.2 cm³/mol. The first-order chi connectivity index (χ1) is 8.57. The molecule has 0 saturated carbocycles. The molecule has 2 rings (SSSR count). The summed E-state index contributed by atoms with van der Waals surface area (Å²) >= 11 is 0. The van der Waals surface area contributed by atoms with Crippen molar-refractivity contribution in [3.05, 3.63) is 27.8 Å². The van der Waals surface area contributed by atoms with Crippen molar-refractivity contribution in [3.63, 3.8) is 0 Å². The Labute approximate surface area is 108 Å². The molecule has 1 aromatic rings. The van der Waals surface area contributed by atoms with Crippen molar-refractivity contribution >= 4 is 5.78 Å². The van der Waals surface area contributed by atoms with Gasteiger partial charge in [-0.1, -0.05) is 0 Å². The van der Waals surface area contributed by atoms with E-state index in [-0.39, 0.29) is 11.5 Å². The third-order valence-electron chi connectivity index (χ3n) is 3.99. The molecule has 0 fully saturated rings. The van der Waals surface area contributed by atoms with Crippen LogP contribution in [0.4, 0.5) is 0 Å². The molecule has 1 aliphatic carbocycles. The molecule has 3 nitrogen and oxygen atoms in total. The van der Waals surface area contributed by atoms with Gasteiger partial charge < -0.3 is 10.8 Å². The fourth-order valence-corrected chi connectivity index (χ4v) is 2.99. The molecule has 0 saturated heterocycles. The molecule has 1 aliphatic rings. The number of nitrogens with two attached hydrogens (primary N) is 1. The summed E-state index contributed by atoms with van der Waals surface area (Å²) in [5.41, 5.74) is 10.3. The van der Waals surface area contributed by atoms with E-state index in [9.17, 15) is 9.90 Å². The van der Waals surface area contributed by atoms with Crippen molar-refractivity contribution in [2.75, 3.05) is 6.54 Å².